The minimum atomic E-state index is -1.56. The van der Waals surface area contributed by atoms with Gasteiger partial charge in [-0.3, -0.25) is 4.79 Å². The summed E-state index contributed by atoms with van der Waals surface area (Å²) in [6.07, 6.45) is 4.33. The van der Waals surface area contributed by atoms with Crippen molar-refractivity contribution in [1.29, 1.82) is 0 Å². The van der Waals surface area contributed by atoms with E-state index in [9.17, 15) is 14.7 Å². The number of hydrogen-bond donors (Lipinski definition) is 2. The van der Waals surface area contributed by atoms with Gasteiger partial charge < -0.3 is 15.2 Å². The first kappa shape index (κ1) is 18.5. The van der Waals surface area contributed by atoms with E-state index in [1.54, 1.807) is 29.2 Å². The van der Waals surface area contributed by atoms with Gasteiger partial charge in [0.2, 0.25) is 0 Å². The number of aliphatic hydroxyl groups is 1. The smallest absolute Gasteiger partial charge is 0.358 e. The van der Waals surface area contributed by atoms with Crippen LogP contribution in [0.1, 0.15) is 41.7 Å². The molecule has 1 fully saturated rings. The molecule has 3 aromatic rings. The van der Waals surface area contributed by atoms with Gasteiger partial charge in [0.25, 0.3) is 5.91 Å². The molecule has 5 rings (SSSR count). The van der Waals surface area contributed by atoms with Crippen molar-refractivity contribution in [1.82, 2.24) is 14.8 Å². The molecular formula is C22H20N4O4. The number of carbonyl (C=O) groups excluding carboxylic acids is 2. The molecule has 1 saturated carbocycles. The molecule has 3 heterocycles. The van der Waals surface area contributed by atoms with Crippen molar-refractivity contribution >= 4 is 17.7 Å². The summed E-state index contributed by atoms with van der Waals surface area (Å²) in [7, 11) is 0. The van der Waals surface area contributed by atoms with E-state index < -0.39 is 23.1 Å². The van der Waals surface area contributed by atoms with Crippen molar-refractivity contribution in [3.05, 3.63) is 72.2 Å². The highest BCUT2D eigenvalue weighted by molar-refractivity contribution is 5.97. The Labute approximate surface area is 172 Å². The van der Waals surface area contributed by atoms with Gasteiger partial charge in [0, 0.05) is 24.0 Å². The minimum Gasteiger partial charge on any atom is -0.449 e. The average molecular weight is 404 g/mol. The minimum absolute atomic E-state index is 0.167. The van der Waals surface area contributed by atoms with E-state index in [1.165, 1.54) is 0 Å². The summed E-state index contributed by atoms with van der Waals surface area (Å²) in [6.45, 7) is 0. The fourth-order valence-corrected chi connectivity index (χ4v) is 4.23. The van der Waals surface area contributed by atoms with Gasteiger partial charge in [-0.2, -0.15) is 5.10 Å². The maximum absolute atomic E-state index is 12.8. The van der Waals surface area contributed by atoms with Crippen LogP contribution in [0.5, 0.6) is 0 Å². The third-order valence-electron chi connectivity index (χ3n) is 5.94. The second-order valence-electron chi connectivity index (χ2n) is 7.75. The SMILES string of the molecule is O=C1OC2(CCC(O)(C(=O)Nc3ccn(-c4ccccc4)n3)CC2)c2cccnc21. The number of esters is 1. The van der Waals surface area contributed by atoms with E-state index in [-0.39, 0.29) is 12.8 Å². The van der Waals surface area contributed by atoms with Crippen molar-refractivity contribution in [2.45, 2.75) is 36.9 Å². The van der Waals surface area contributed by atoms with Gasteiger partial charge >= 0.3 is 5.97 Å². The first-order chi connectivity index (χ1) is 14.5. The lowest BCUT2D eigenvalue weighted by Crippen LogP contribution is -2.49. The number of aromatic nitrogens is 3. The van der Waals surface area contributed by atoms with Crippen LogP contribution in [-0.2, 0) is 15.1 Å². The highest BCUT2D eigenvalue weighted by Gasteiger charge is 2.53. The highest BCUT2D eigenvalue weighted by atomic mass is 16.6. The first-order valence-corrected chi connectivity index (χ1v) is 9.83. The third kappa shape index (κ3) is 2.96. The van der Waals surface area contributed by atoms with Crippen LogP contribution in [0.25, 0.3) is 5.69 Å². The molecule has 0 atom stereocenters. The van der Waals surface area contributed by atoms with Gasteiger partial charge in [0.15, 0.2) is 11.5 Å². The Morgan fingerprint density at radius 3 is 2.60 bits per heavy atom. The molecule has 30 heavy (non-hydrogen) atoms. The number of anilines is 1. The Balaban J connectivity index is 1.29. The summed E-state index contributed by atoms with van der Waals surface area (Å²) in [5.74, 6) is -0.599. The molecule has 1 aromatic carbocycles. The van der Waals surface area contributed by atoms with Crippen LogP contribution in [0.4, 0.5) is 5.82 Å². The van der Waals surface area contributed by atoms with Gasteiger partial charge in [-0.25, -0.2) is 14.5 Å². The normalized spacial score (nSPS) is 25.0. The molecule has 0 unspecified atom stereocenters. The molecule has 0 bridgehead atoms. The van der Waals surface area contributed by atoms with Crippen molar-refractivity contribution in [2.24, 2.45) is 0 Å². The summed E-state index contributed by atoms with van der Waals surface area (Å²) >= 11 is 0. The number of amides is 1. The number of fused-ring (bicyclic) bond motifs is 2. The Bertz CT molecular complexity index is 1120. The fourth-order valence-electron chi connectivity index (χ4n) is 4.23. The van der Waals surface area contributed by atoms with Gasteiger partial charge in [-0.05, 0) is 43.9 Å². The predicted octanol–water partition coefficient (Wildman–Crippen LogP) is 2.58. The maximum Gasteiger partial charge on any atom is 0.358 e. The summed E-state index contributed by atoms with van der Waals surface area (Å²) < 4.78 is 7.29. The molecular weight excluding hydrogens is 384 g/mol. The number of hydrogen-bond acceptors (Lipinski definition) is 6. The Kier molecular flexibility index (Phi) is 4.18. The Hall–Kier alpha value is -3.52. The first-order valence-electron chi connectivity index (χ1n) is 9.83. The molecule has 1 aliphatic heterocycles. The van der Waals surface area contributed by atoms with Crippen molar-refractivity contribution < 1.29 is 19.4 Å². The summed E-state index contributed by atoms with van der Waals surface area (Å²) in [5.41, 5.74) is -0.453. The van der Waals surface area contributed by atoms with Crippen molar-refractivity contribution in [2.75, 3.05) is 5.32 Å². The van der Waals surface area contributed by atoms with Gasteiger partial charge in [0.1, 0.15) is 11.2 Å². The van der Waals surface area contributed by atoms with E-state index in [0.717, 1.165) is 11.3 Å². The molecule has 1 amide bonds. The number of nitrogens with zero attached hydrogens (tertiary/aromatic N) is 3. The quantitative estimate of drug-likeness (QED) is 0.650. The Morgan fingerprint density at radius 2 is 1.83 bits per heavy atom. The van der Waals surface area contributed by atoms with Gasteiger partial charge in [-0.1, -0.05) is 24.3 Å². The van der Waals surface area contributed by atoms with Crippen LogP contribution in [-0.4, -0.2) is 37.3 Å². The highest BCUT2D eigenvalue weighted by Crippen LogP contribution is 2.48. The summed E-state index contributed by atoms with van der Waals surface area (Å²) in [6, 6.07) is 14.8. The molecule has 1 spiro atoms. The average Bonchev–Trinajstić information content (AvgIpc) is 3.35. The molecule has 2 aliphatic rings. The molecule has 0 radical (unpaired) electrons. The molecule has 8 nitrogen and oxygen atoms in total. The zero-order valence-electron chi connectivity index (χ0n) is 16.1. The second kappa shape index (κ2) is 6.77. The van der Waals surface area contributed by atoms with E-state index in [2.05, 4.69) is 15.4 Å². The van der Waals surface area contributed by atoms with E-state index in [1.807, 2.05) is 36.4 Å². The van der Waals surface area contributed by atoms with Gasteiger partial charge in [-0.15, -0.1) is 0 Å². The van der Waals surface area contributed by atoms with Crippen LogP contribution in [0.2, 0.25) is 0 Å². The lowest BCUT2D eigenvalue weighted by atomic mass is 9.73. The van der Waals surface area contributed by atoms with Crippen LogP contribution in [0, 0.1) is 0 Å². The monoisotopic (exact) mass is 404 g/mol. The largest absolute Gasteiger partial charge is 0.449 e. The summed E-state index contributed by atoms with van der Waals surface area (Å²) in [5, 5.41) is 18.0. The molecule has 8 heteroatoms. The van der Waals surface area contributed by atoms with E-state index in [4.69, 9.17) is 4.74 Å². The number of carbonyl (C=O) groups is 2. The second-order valence-corrected chi connectivity index (χ2v) is 7.75. The third-order valence-corrected chi connectivity index (χ3v) is 5.94. The van der Waals surface area contributed by atoms with Crippen LogP contribution >= 0.6 is 0 Å². The zero-order chi connectivity index (χ0) is 20.8. The predicted molar refractivity (Wildman–Crippen MR) is 107 cm³/mol. The zero-order valence-corrected chi connectivity index (χ0v) is 16.1. The number of pyridine rings is 1. The topological polar surface area (TPSA) is 106 Å². The Morgan fingerprint density at radius 1 is 1.07 bits per heavy atom. The number of benzene rings is 1. The maximum atomic E-state index is 12.8. The van der Waals surface area contributed by atoms with Crippen LogP contribution in [0.15, 0.2) is 60.9 Å². The molecule has 152 valence electrons. The number of para-hydroxylation sites is 1. The van der Waals surface area contributed by atoms with Crippen LogP contribution in [0.3, 0.4) is 0 Å². The number of nitrogens with one attached hydrogen (secondary N) is 1. The fraction of sp³-hybridized carbons (Fsp3) is 0.273. The molecule has 0 saturated heterocycles. The van der Waals surface area contributed by atoms with Gasteiger partial charge in [0.05, 0.1) is 5.69 Å². The number of rotatable bonds is 3. The number of ether oxygens (including phenoxy) is 1. The molecule has 1 aliphatic carbocycles. The summed E-state index contributed by atoms with van der Waals surface area (Å²) in [4.78, 5) is 29.1. The molecule has 2 N–H and O–H groups in total. The van der Waals surface area contributed by atoms with E-state index in [0.29, 0.717) is 24.4 Å². The molecule has 2 aromatic heterocycles. The lowest BCUT2D eigenvalue weighted by molar-refractivity contribution is -0.144. The van der Waals surface area contributed by atoms with Crippen LogP contribution < -0.4 is 5.32 Å². The standard InChI is InChI=1S/C22H20N4O4/c27-19-18-16(7-4-13-23-18)22(30-19)11-9-21(29,10-12-22)20(28)24-17-8-14-26(25-17)15-5-2-1-3-6-15/h1-8,13-14,29H,9-12H2,(H,24,25,28). The van der Waals surface area contributed by atoms with E-state index >= 15 is 0 Å². The lowest BCUT2D eigenvalue weighted by Gasteiger charge is -2.40. The van der Waals surface area contributed by atoms with Crippen molar-refractivity contribution in [3.8, 4) is 5.69 Å². The van der Waals surface area contributed by atoms with Crippen molar-refractivity contribution in [3.63, 3.8) is 0 Å².